The Balaban J connectivity index is 2.02. The molecule has 164 valence electrons. The van der Waals surface area contributed by atoms with E-state index in [4.69, 9.17) is 0 Å². The van der Waals surface area contributed by atoms with Crippen LogP contribution in [0.1, 0.15) is 71.0 Å². The van der Waals surface area contributed by atoms with Gasteiger partial charge in [-0.1, -0.05) is 24.3 Å². The van der Waals surface area contributed by atoms with Crippen molar-refractivity contribution in [2.75, 3.05) is 0 Å². The van der Waals surface area contributed by atoms with Crippen molar-refractivity contribution in [2.45, 2.75) is 67.7 Å². The van der Waals surface area contributed by atoms with Gasteiger partial charge in [-0.25, -0.2) is 0 Å². The molecule has 0 fully saturated rings. The van der Waals surface area contributed by atoms with Gasteiger partial charge in [0.05, 0.1) is 5.41 Å². The second kappa shape index (κ2) is 7.17. The average molecular weight is 457 g/mol. The van der Waals surface area contributed by atoms with Crippen LogP contribution >= 0.6 is 22.7 Å². The zero-order valence-corrected chi connectivity index (χ0v) is 22.3. The molecule has 5 rings (SSSR count). The van der Waals surface area contributed by atoms with Crippen LogP contribution in [0.2, 0.25) is 0 Å². The summed E-state index contributed by atoms with van der Waals surface area (Å²) in [6.07, 6.45) is 0. The van der Waals surface area contributed by atoms with Crippen molar-refractivity contribution >= 4 is 22.7 Å². The first kappa shape index (κ1) is 21.7. The molecule has 0 saturated heterocycles. The number of hydrogen-bond donors (Lipinski definition) is 0. The number of fused-ring (bicyclic) bond motifs is 3. The van der Waals surface area contributed by atoms with Gasteiger partial charge < -0.3 is 0 Å². The maximum absolute atomic E-state index is 2.47. The highest BCUT2D eigenvalue weighted by atomic mass is 32.1. The smallest absolute Gasteiger partial charge is 0.0733 e. The quantitative estimate of drug-likeness (QED) is 0.249. The Morgan fingerprint density at radius 3 is 1.47 bits per heavy atom. The molecule has 4 aromatic rings. The lowest BCUT2D eigenvalue weighted by atomic mass is 9.66. The molecule has 0 amide bonds. The maximum Gasteiger partial charge on any atom is 0.0733 e. The summed E-state index contributed by atoms with van der Waals surface area (Å²) in [6.45, 7) is 20.5. The topological polar surface area (TPSA) is 0 Å². The minimum absolute atomic E-state index is 0.253. The Morgan fingerprint density at radius 2 is 1.00 bits per heavy atom. The molecule has 0 nitrogen and oxygen atoms in total. The first-order chi connectivity index (χ1) is 15.1. The van der Waals surface area contributed by atoms with Gasteiger partial charge in [0.25, 0.3) is 0 Å². The van der Waals surface area contributed by atoms with E-state index >= 15 is 0 Å². The van der Waals surface area contributed by atoms with Crippen LogP contribution in [-0.4, -0.2) is 0 Å². The van der Waals surface area contributed by atoms with Gasteiger partial charge in [-0.2, -0.15) is 0 Å². The molecular formula is C30H32S2. The normalized spacial score (nSPS) is 14.0. The summed E-state index contributed by atoms with van der Waals surface area (Å²) >= 11 is 3.95. The molecule has 0 unspecified atom stereocenters. The standard InChI is InChI=1S/C30H32S2/c1-15-10-24(11-16(2)20(15)6)30(25-12-17(3)21(7)18(4)13-25)26-14-19(5)31-28(26)29-27(30)22(8)23(9)32-29/h10-14H,1-9H3. The summed E-state index contributed by atoms with van der Waals surface area (Å²) in [4.78, 5) is 5.80. The fraction of sp³-hybridized carbons (Fsp3) is 0.333. The van der Waals surface area contributed by atoms with Crippen LogP contribution in [0, 0.1) is 62.3 Å². The second-order valence-corrected chi connectivity index (χ2v) is 12.3. The molecule has 0 radical (unpaired) electrons. The molecule has 2 aromatic heterocycles. The summed E-state index contributed by atoms with van der Waals surface area (Å²) in [5, 5.41) is 0. The van der Waals surface area contributed by atoms with E-state index < -0.39 is 0 Å². The Labute approximate surface area is 201 Å². The van der Waals surface area contributed by atoms with Crippen LogP contribution in [0.15, 0.2) is 30.3 Å². The molecule has 0 aliphatic heterocycles. The largest absolute Gasteiger partial charge is 0.139 e. The Hall–Kier alpha value is -2.16. The number of aryl methyl sites for hydroxylation is 6. The van der Waals surface area contributed by atoms with Gasteiger partial charge in [-0.15, -0.1) is 22.7 Å². The Morgan fingerprint density at radius 1 is 0.531 bits per heavy atom. The molecule has 1 aliphatic rings. The molecular weight excluding hydrogens is 424 g/mol. The van der Waals surface area contributed by atoms with E-state index in [-0.39, 0.29) is 5.41 Å². The van der Waals surface area contributed by atoms with Crippen LogP contribution in [0.5, 0.6) is 0 Å². The Bertz CT molecular complexity index is 1300. The average Bonchev–Trinajstić information content (AvgIpc) is 3.33. The highest BCUT2D eigenvalue weighted by molar-refractivity contribution is 7.22. The summed E-state index contributed by atoms with van der Waals surface area (Å²) in [7, 11) is 0. The molecule has 2 aromatic carbocycles. The summed E-state index contributed by atoms with van der Waals surface area (Å²) in [5.74, 6) is 0. The fourth-order valence-corrected chi connectivity index (χ4v) is 8.04. The molecule has 2 heteroatoms. The third-order valence-corrected chi connectivity index (χ3v) is 10.4. The molecule has 0 N–H and O–H groups in total. The van der Waals surface area contributed by atoms with E-state index in [1.54, 1.807) is 0 Å². The van der Waals surface area contributed by atoms with Crippen molar-refractivity contribution in [3.63, 3.8) is 0 Å². The highest BCUT2D eigenvalue weighted by Crippen LogP contribution is 2.62. The molecule has 0 spiro atoms. The lowest BCUT2D eigenvalue weighted by Crippen LogP contribution is -2.30. The summed E-state index contributed by atoms with van der Waals surface area (Å²) < 4.78 is 0. The summed E-state index contributed by atoms with van der Waals surface area (Å²) in [6, 6.07) is 12.3. The van der Waals surface area contributed by atoms with Gasteiger partial charge in [-0.3, -0.25) is 0 Å². The monoisotopic (exact) mass is 456 g/mol. The molecule has 1 aliphatic carbocycles. The van der Waals surface area contributed by atoms with Crippen molar-refractivity contribution in [1.29, 1.82) is 0 Å². The van der Waals surface area contributed by atoms with Gasteiger partial charge in [0, 0.05) is 19.5 Å². The second-order valence-electron chi connectivity index (χ2n) is 9.81. The van der Waals surface area contributed by atoms with E-state index in [1.165, 1.54) is 80.7 Å². The lowest BCUT2D eigenvalue weighted by molar-refractivity contribution is 0.758. The van der Waals surface area contributed by atoms with Gasteiger partial charge in [0.2, 0.25) is 0 Å². The van der Waals surface area contributed by atoms with Crippen LogP contribution < -0.4 is 0 Å². The van der Waals surface area contributed by atoms with Crippen molar-refractivity contribution in [3.05, 3.63) is 101 Å². The SMILES string of the molecule is Cc1cc2c(s1)-c1sc(C)c(C)c1C2(c1cc(C)c(C)c(C)c1)c1cc(C)c(C)c(C)c1. The number of benzene rings is 2. The zero-order valence-electron chi connectivity index (χ0n) is 20.7. The van der Waals surface area contributed by atoms with Crippen LogP contribution in [-0.2, 0) is 5.41 Å². The molecule has 0 saturated carbocycles. The van der Waals surface area contributed by atoms with E-state index in [1.807, 2.05) is 22.7 Å². The molecule has 2 heterocycles. The van der Waals surface area contributed by atoms with E-state index in [2.05, 4.69) is 92.6 Å². The van der Waals surface area contributed by atoms with Gasteiger partial charge in [0.1, 0.15) is 0 Å². The lowest BCUT2D eigenvalue weighted by Gasteiger charge is -2.35. The molecule has 0 bridgehead atoms. The van der Waals surface area contributed by atoms with Gasteiger partial charge in [0.15, 0.2) is 0 Å². The predicted octanol–water partition coefficient (Wildman–Crippen LogP) is 8.95. The van der Waals surface area contributed by atoms with Crippen LogP contribution in [0.3, 0.4) is 0 Å². The van der Waals surface area contributed by atoms with E-state index in [9.17, 15) is 0 Å². The molecule has 0 atom stereocenters. The van der Waals surface area contributed by atoms with Crippen LogP contribution in [0.4, 0.5) is 0 Å². The minimum atomic E-state index is -0.253. The number of thiophene rings is 2. The first-order valence-electron chi connectivity index (χ1n) is 11.5. The van der Waals surface area contributed by atoms with Gasteiger partial charge in [-0.05, 0) is 130 Å². The number of hydrogen-bond acceptors (Lipinski definition) is 2. The third-order valence-electron chi connectivity index (χ3n) is 7.95. The van der Waals surface area contributed by atoms with Gasteiger partial charge >= 0.3 is 0 Å². The van der Waals surface area contributed by atoms with Crippen molar-refractivity contribution in [2.24, 2.45) is 0 Å². The zero-order chi connectivity index (χ0) is 23.1. The fourth-order valence-electron chi connectivity index (χ4n) is 5.61. The Kier molecular flexibility index (Phi) is 4.86. The van der Waals surface area contributed by atoms with Crippen LogP contribution in [0.25, 0.3) is 9.75 Å². The van der Waals surface area contributed by atoms with E-state index in [0.29, 0.717) is 0 Å². The van der Waals surface area contributed by atoms with E-state index in [0.717, 1.165) is 0 Å². The van der Waals surface area contributed by atoms with Crippen molar-refractivity contribution in [3.8, 4) is 9.75 Å². The van der Waals surface area contributed by atoms with Crippen molar-refractivity contribution in [1.82, 2.24) is 0 Å². The number of rotatable bonds is 2. The third kappa shape index (κ3) is 2.72. The first-order valence-corrected chi connectivity index (χ1v) is 13.1. The molecule has 32 heavy (non-hydrogen) atoms. The minimum Gasteiger partial charge on any atom is -0.139 e. The highest BCUT2D eigenvalue weighted by Gasteiger charge is 2.50. The summed E-state index contributed by atoms with van der Waals surface area (Å²) in [5.41, 5.74) is 15.4. The maximum atomic E-state index is 2.47. The predicted molar refractivity (Wildman–Crippen MR) is 142 cm³/mol. The van der Waals surface area contributed by atoms with Crippen molar-refractivity contribution < 1.29 is 0 Å².